The van der Waals surface area contributed by atoms with Crippen molar-refractivity contribution in [3.63, 3.8) is 0 Å². The van der Waals surface area contributed by atoms with Gasteiger partial charge in [0.05, 0.1) is 26.9 Å². The van der Waals surface area contributed by atoms with Crippen molar-refractivity contribution in [2.75, 3.05) is 0 Å². The van der Waals surface area contributed by atoms with Gasteiger partial charge in [-0.05, 0) is 39.8 Å². The van der Waals surface area contributed by atoms with E-state index in [4.69, 9.17) is 32.5 Å². The summed E-state index contributed by atoms with van der Waals surface area (Å²) in [6.45, 7) is 8.08. The predicted molar refractivity (Wildman–Crippen MR) is 89.3 cm³/mol. The molecule has 2 aromatic rings. The number of halogens is 2. The summed E-state index contributed by atoms with van der Waals surface area (Å²) in [5.74, 6) is 0. The molecule has 1 aliphatic heterocycles. The molecule has 1 saturated heterocycles. The molecule has 0 radical (unpaired) electrons. The van der Waals surface area contributed by atoms with Gasteiger partial charge in [-0.25, -0.2) is 4.68 Å². The molecule has 0 bridgehead atoms. The highest BCUT2D eigenvalue weighted by Crippen LogP contribution is 2.36. The van der Waals surface area contributed by atoms with E-state index < -0.39 is 7.12 Å². The molecule has 1 aliphatic rings. The Morgan fingerprint density at radius 1 is 1.09 bits per heavy atom. The maximum absolute atomic E-state index is 6.23. The highest BCUT2D eigenvalue weighted by Gasteiger charge is 2.52. The van der Waals surface area contributed by atoms with Crippen LogP contribution in [0.25, 0.3) is 5.69 Å². The molecule has 1 fully saturated rings. The Balaban J connectivity index is 1.91. The third kappa shape index (κ3) is 2.56. The molecule has 1 aromatic carbocycles. The lowest BCUT2D eigenvalue weighted by Crippen LogP contribution is -2.41. The summed E-state index contributed by atoms with van der Waals surface area (Å²) < 4.78 is 13.7. The zero-order chi connectivity index (χ0) is 16.1. The van der Waals surface area contributed by atoms with Gasteiger partial charge in [-0.3, -0.25) is 0 Å². The van der Waals surface area contributed by atoms with E-state index in [9.17, 15) is 0 Å². The molecule has 4 nitrogen and oxygen atoms in total. The molecule has 0 spiro atoms. The summed E-state index contributed by atoms with van der Waals surface area (Å²) in [6, 6.07) is 5.43. The Morgan fingerprint density at radius 2 is 1.73 bits per heavy atom. The van der Waals surface area contributed by atoms with E-state index in [1.54, 1.807) is 16.9 Å². The maximum atomic E-state index is 6.23. The van der Waals surface area contributed by atoms with Crippen LogP contribution in [-0.4, -0.2) is 28.1 Å². The highest BCUT2D eigenvalue weighted by molar-refractivity contribution is 6.62. The van der Waals surface area contributed by atoms with Gasteiger partial charge in [0.1, 0.15) is 0 Å². The molecule has 22 heavy (non-hydrogen) atoms. The average Bonchev–Trinajstić information content (AvgIpc) is 2.97. The number of rotatable bonds is 2. The SMILES string of the molecule is CC1(C)OB(c2cnn(-c3cccc(Cl)c3Cl)c2)OC1(C)C. The van der Waals surface area contributed by atoms with Gasteiger partial charge in [0.2, 0.25) is 0 Å². The molecule has 0 atom stereocenters. The summed E-state index contributed by atoms with van der Waals surface area (Å²) >= 11 is 12.3. The predicted octanol–water partition coefficient (Wildman–Crippen LogP) is 3.48. The second-order valence-electron chi connectivity index (χ2n) is 6.38. The largest absolute Gasteiger partial charge is 0.498 e. The van der Waals surface area contributed by atoms with Crippen molar-refractivity contribution < 1.29 is 9.31 Å². The van der Waals surface area contributed by atoms with Crippen LogP contribution in [0.15, 0.2) is 30.6 Å². The lowest BCUT2D eigenvalue weighted by atomic mass is 9.82. The van der Waals surface area contributed by atoms with Gasteiger partial charge in [-0.1, -0.05) is 29.3 Å². The van der Waals surface area contributed by atoms with Crippen LogP contribution in [0, 0.1) is 0 Å². The zero-order valence-electron chi connectivity index (χ0n) is 12.9. The van der Waals surface area contributed by atoms with Crippen LogP contribution in [0.2, 0.25) is 10.0 Å². The van der Waals surface area contributed by atoms with Gasteiger partial charge in [0.25, 0.3) is 0 Å². The third-order valence-corrected chi connectivity index (χ3v) is 5.11. The van der Waals surface area contributed by atoms with E-state index in [0.717, 1.165) is 11.2 Å². The molecule has 2 heterocycles. The van der Waals surface area contributed by atoms with E-state index >= 15 is 0 Å². The maximum Gasteiger partial charge on any atom is 0.498 e. The van der Waals surface area contributed by atoms with E-state index in [2.05, 4.69) is 5.10 Å². The van der Waals surface area contributed by atoms with E-state index in [0.29, 0.717) is 10.0 Å². The molecule has 0 N–H and O–H groups in total. The van der Waals surface area contributed by atoms with Gasteiger partial charge >= 0.3 is 7.12 Å². The fourth-order valence-electron chi connectivity index (χ4n) is 2.24. The number of hydrogen-bond donors (Lipinski definition) is 0. The minimum Gasteiger partial charge on any atom is -0.399 e. The van der Waals surface area contributed by atoms with Gasteiger partial charge < -0.3 is 9.31 Å². The number of aromatic nitrogens is 2. The van der Waals surface area contributed by atoms with Crippen molar-refractivity contribution in [3.05, 3.63) is 40.6 Å². The van der Waals surface area contributed by atoms with Gasteiger partial charge in [-0.15, -0.1) is 0 Å². The second-order valence-corrected chi connectivity index (χ2v) is 7.16. The first kappa shape index (κ1) is 15.9. The molecule has 116 valence electrons. The summed E-state index contributed by atoms with van der Waals surface area (Å²) in [5.41, 5.74) is 0.799. The van der Waals surface area contributed by atoms with Crippen LogP contribution in [0.4, 0.5) is 0 Å². The van der Waals surface area contributed by atoms with Crippen LogP contribution in [0.3, 0.4) is 0 Å². The van der Waals surface area contributed by atoms with Crippen LogP contribution < -0.4 is 5.46 Å². The first-order valence-electron chi connectivity index (χ1n) is 7.06. The molecule has 0 aliphatic carbocycles. The van der Waals surface area contributed by atoms with Crippen LogP contribution >= 0.6 is 23.2 Å². The monoisotopic (exact) mass is 338 g/mol. The van der Waals surface area contributed by atoms with E-state index in [-0.39, 0.29) is 11.2 Å². The first-order chi connectivity index (χ1) is 10.2. The molecular weight excluding hydrogens is 322 g/mol. The molecule has 3 rings (SSSR count). The lowest BCUT2D eigenvalue weighted by Gasteiger charge is -2.32. The quantitative estimate of drug-likeness (QED) is 0.786. The minimum absolute atomic E-state index is 0.381. The topological polar surface area (TPSA) is 36.3 Å². The van der Waals surface area contributed by atoms with Crippen LogP contribution in [0.1, 0.15) is 27.7 Å². The highest BCUT2D eigenvalue weighted by atomic mass is 35.5. The van der Waals surface area contributed by atoms with Crippen molar-refractivity contribution in [2.24, 2.45) is 0 Å². The molecular formula is C15H17BCl2N2O2. The number of nitrogens with zero attached hydrogens (tertiary/aromatic N) is 2. The van der Waals surface area contributed by atoms with Gasteiger partial charge in [-0.2, -0.15) is 5.10 Å². The van der Waals surface area contributed by atoms with Crippen LogP contribution in [0.5, 0.6) is 0 Å². The Labute approximate surface area is 140 Å². The Kier molecular flexibility index (Phi) is 3.80. The van der Waals surface area contributed by atoms with Gasteiger partial charge in [0.15, 0.2) is 0 Å². The minimum atomic E-state index is -0.447. The standard InChI is InChI=1S/C15H17BCl2N2O2/c1-14(2)15(3,4)22-16(21-14)10-8-19-20(9-10)12-7-5-6-11(17)13(12)18/h5-9H,1-4H3. The average molecular weight is 339 g/mol. The van der Waals surface area contributed by atoms with E-state index in [1.165, 1.54) is 0 Å². The smallest absolute Gasteiger partial charge is 0.399 e. The number of benzene rings is 1. The summed E-state index contributed by atoms with van der Waals surface area (Å²) in [7, 11) is -0.447. The molecule has 0 amide bonds. The zero-order valence-corrected chi connectivity index (χ0v) is 14.4. The van der Waals surface area contributed by atoms with Crippen molar-refractivity contribution in [1.29, 1.82) is 0 Å². The van der Waals surface area contributed by atoms with Crippen molar-refractivity contribution >= 4 is 35.8 Å². The molecule has 1 aromatic heterocycles. The Bertz CT molecular complexity index is 699. The van der Waals surface area contributed by atoms with E-state index in [1.807, 2.05) is 46.0 Å². The third-order valence-electron chi connectivity index (χ3n) is 4.31. The number of hydrogen-bond acceptors (Lipinski definition) is 3. The Hall–Kier alpha value is -1.01. The van der Waals surface area contributed by atoms with Crippen molar-refractivity contribution in [2.45, 2.75) is 38.9 Å². The molecule has 7 heteroatoms. The second kappa shape index (κ2) is 5.27. The summed E-state index contributed by atoms with van der Waals surface area (Å²) in [4.78, 5) is 0. The first-order valence-corrected chi connectivity index (χ1v) is 7.81. The van der Waals surface area contributed by atoms with Crippen molar-refractivity contribution in [3.8, 4) is 5.69 Å². The normalized spacial score (nSPS) is 19.6. The Morgan fingerprint density at radius 3 is 2.36 bits per heavy atom. The van der Waals surface area contributed by atoms with Crippen molar-refractivity contribution in [1.82, 2.24) is 9.78 Å². The van der Waals surface area contributed by atoms with Crippen LogP contribution in [-0.2, 0) is 9.31 Å². The molecule has 0 unspecified atom stereocenters. The fourth-order valence-corrected chi connectivity index (χ4v) is 2.62. The summed E-state index contributed by atoms with van der Waals surface area (Å²) in [5, 5.41) is 5.30. The van der Waals surface area contributed by atoms with Gasteiger partial charge in [0, 0.05) is 17.9 Å². The lowest BCUT2D eigenvalue weighted by molar-refractivity contribution is 0.00578. The summed E-state index contributed by atoms with van der Waals surface area (Å²) in [6.07, 6.45) is 3.57. The molecule has 0 saturated carbocycles. The fraction of sp³-hybridized carbons (Fsp3) is 0.400.